The van der Waals surface area contributed by atoms with E-state index < -0.39 is 10.0 Å². The van der Waals surface area contributed by atoms with Crippen LogP contribution < -0.4 is 5.32 Å². The maximum atomic E-state index is 12.6. The SMILES string of the molecule is CCc1cc(NCc2ccccc2CS(=O)(=O)N2CCCC2)nc(C)n1. The molecule has 1 aliphatic rings. The molecular weight excluding hydrogens is 348 g/mol. The number of benzene rings is 1. The summed E-state index contributed by atoms with van der Waals surface area (Å²) in [6, 6.07) is 9.63. The van der Waals surface area contributed by atoms with Crippen molar-refractivity contribution >= 4 is 15.8 Å². The van der Waals surface area contributed by atoms with Crippen LogP contribution in [0.4, 0.5) is 5.82 Å². The second-order valence-corrected chi connectivity index (χ2v) is 8.60. The van der Waals surface area contributed by atoms with E-state index in [1.807, 2.05) is 37.3 Å². The quantitative estimate of drug-likeness (QED) is 0.806. The lowest BCUT2D eigenvalue weighted by Crippen LogP contribution is -2.29. The van der Waals surface area contributed by atoms with E-state index in [4.69, 9.17) is 0 Å². The number of rotatable bonds is 7. The van der Waals surface area contributed by atoms with Gasteiger partial charge in [-0.1, -0.05) is 31.2 Å². The van der Waals surface area contributed by atoms with Crippen molar-refractivity contribution in [3.8, 4) is 0 Å². The molecule has 0 amide bonds. The molecular formula is C19H26N4O2S. The number of nitrogens with one attached hydrogen (secondary N) is 1. The van der Waals surface area contributed by atoms with E-state index in [9.17, 15) is 8.42 Å². The van der Waals surface area contributed by atoms with Gasteiger partial charge >= 0.3 is 0 Å². The van der Waals surface area contributed by atoms with Gasteiger partial charge in [0.1, 0.15) is 11.6 Å². The Kier molecular flexibility index (Phi) is 5.88. The van der Waals surface area contributed by atoms with Crippen molar-refractivity contribution in [2.24, 2.45) is 0 Å². The molecule has 2 heterocycles. The summed E-state index contributed by atoms with van der Waals surface area (Å²) >= 11 is 0. The number of sulfonamides is 1. The van der Waals surface area contributed by atoms with Crippen LogP contribution >= 0.6 is 0 Å². The molecule has 1 fully saturated rings. The molecule has 0 saturated carbocycles. The zero-order valence-electron chi connectivity index (χ0n) is 15.4. The van der Waals surface area contributed by atoms with Crippen LogP contribution in [-0.4, -0.2) is 35.8 Å². The van der Waals surface area contributed by atoms with Gasteiger partial charge in [0.05, 0.1) is 5.75 Å². The molecule has 0 aliphatic carbocycles. The molecule has 3 rings (SSSR count). The Bertz CT molecular complexity index is 862. The van der Waals surface area contributed by atoms with Gasteiger partial charge in [0.2, 0.25) is 10.0 Å². The van der Waals surface area contributed by atoms with Gasteiger partial charge in [-0.3, -0.25) is 0 Å². The third-order valence-electron chi connectivity index (χ3n) is 4.63. The Balaban J connectivity index is 1.74. The fraction of sp³-hybridized carbons (Fsp3) is 0.474. The maximum absolute atomic E-state index is 12.6. The fourth-order valence-electron chi connectivity index (χ4n) is 3.21. The molecule has 1 N–H and O–H groups in total. The van der Waals surface area contributed by atoms with E-state index in [0.717, 1.165) is 47.7 Å². The van der Waals surface area contributed by atoms with Gasteiger partial charge in [0.15, 0.2) is 0 Å². The highest BCUT2D eigenvalue weighted by molar-refractivity contribution is 7.88. The third-order valence-corrected chi connectivity index (χ3v) is 6.46. The predicted molar refractivity (Wildman–Crippen MR) is 103 cm³/mol. The van der Waals surface area contributed by atoms with Crippen LogP contribution in [0.1, 0.15) is 42.4 Å². The van der Waals surface area contributed by atoms with E-state index in [1.165, 1.54) is 0 Å². The molecule has 0 spiro atoms. The van der Waals surface area contributed by atoms with Gasteiger partial charge in [-0.15, -0.1) is 0 Å². The zero-order chi connectivity index (χ0) is 18.6. The second kappa shape index (κ2) is 8.14. The average Bonchev–Trinajstić information content (AvgIpc) is 3.16. The maximum Gasteiger partial charge on any atom is 0.218 e. The van der Waals surface area contributed by atoms with Gasteiger partial charge in [-0.25, -0.2) is 22.7 Å². The van der Waals surface area contributed by atoms with Crippen molar-refractivity contribution in [1.82, 2.24) is 14.3 Å². The summed E-state index contributed by atoms with van der Waals surface area (Å²) in [5.41, 5.74) is 2.81. The smallest absolute Gasteiger partial charge is 0.218 e. The minimum absolute atomic E-state index is 0.0495. The molecule has 0 atom stereocenters. The van der Waals surface area contributed by atoms with Crippen molar-refractivity contribution in [2.75, 3.05) is 18.4 Å². The minimum atomic E-state index is -3.26. The highest BCUT2D eigenvalue weighted by Gasteiger charge is 2.26. The largest absolute Gasteiger partial charge is 0.366 e. The normalized spacial score (nSPS) is 15.3. The standard InChI is InChI=1S/C19H26N4O2S/c1-3-18-12-19(22-15(2)21-18)20-13-16-8-4-5-9-17(16)14-26(24,25)23-10-6-7-11-23/h4-5,8-9,12H,3,6-7,10-11,13-14H2,1-2H3,(H,20,21,22). The highest BCUT2D eigenvalue weighted by Crippen LogP contribution is 2.20. The van der Waals surface area contributed by atoms with Crippen LogP contribution in [0.25, 0.3) is 0 Å². The minimum Gasteiger partial charge on any atom is -0.366 e. The summed E-state index contributed by atoms with van der Waals surface area (Å²) in [6.07, 6.45) is 2.76. The molecule has 0 bridgehead atoms. The lowest BCUT2D eigenvalue weighted by molar-refractivity contribution is 0.476. The summed E-state index contributed by atoms with van der Waals surface area (Å²) in [7, 11) is -3.26. The molecule has 140 valence electrons. The van der Waals surface area contributed by atoms with E-state index in [2.05, 4.69) is 22.2 Å². The summed E-state index contributed by atoms with van der Waals surface area (Å²) in [4.78, 5) is 8.80. The highest BCUT2D eigenvalue weighted by atomic mass is 32.2. The van der Waals surface area contributed by atoms with E-state index in [1.54, 1.807) is 4.31 Å². The zero-order valence-corrected chi connectivity index (χ0v) is 16.2. The fourth-order valence-corrected chi connectivity index (χ4v) is 4.88. The van der Waals surface area contributed by atoms with E-state index in [0.29, 0.717) is 19.6 Å². The molecule has 26 heavy (non-hydrogen) atoms. The van der Waals surface area contributed by atoms with Gasteiger partial charge in [-0.05, 0) is 37.3 Å². The van der Waals surface area contributed by atoms with Crippen molar-refractivity contribution in [1.29, 1.82) is 0 Å². The Labute approximate surface area is 155 Å². The molecule has 6 nitrogen and oxygen atoms in total. The van der Waals surface area contributed by atoms with Crippen LogP contribution in [-0.2, 0) is 28.7 Å². The van der Waals surface area contributed by atoms with Crippen LogP contribution in [0.15, 0.2) is 30.3 Å². The van der Waals surface area contributed by atoms with Crippen molar-refractivity contribution in [3.63, 3.8) is 0 Å². The summed E-state index contributed by atoms with van der Waals surface area (Å²) in [6.45, 7) is 5.75. The Morgan fingerprint density at radius 2 is 1.81 bits per heavy atom. The van der Waals surface area contributed by atoms with E-state index >= 15 is 0 Å². The first-order valence-corrected chi connectivity index (χ1v) is 10.7. The predicted octanol–water partition coefficient (Wildman–Crippen LogP) is 2.89. The van der Waals surface area contributed by atoms with Gasteiger partial charge in [0, 0.05) is 31.4 Å². The molecule has 0 unspecified atom stereocenters. The Morgan fingerprint density at radius 1 is 1.12 bits per heavy atom. The lowest BCUT2D eigenvalue weighted by Gasteiger charge is -2.17. The first-order valence-electron chi connectivity index (χ1n) is 9.11. The topological polar surface area (TPSA) is 75.2 Å². The Hall–Kier alpha value is -1.99. The molecule has 7 heteroatoms. The van der Waals surface area contributed by atoms with Crippen molar-refractivity contribution in [2.45, 2.75) is 45.4 Å². The summed E-state index contributed by atoms with van der Waals surface area (Å²) in [5, 5.41) is 3.31. The number of hydrogen-bond acceptors (Lipinski definition) is 5. The molecule has 1 aromatic carbocycles. The third kappa shape index (κ3) is 4.59. The summed E-state index contributed by atoms with van der Waals surface area (Å²) in [5.74, 6) is 1.55. The van der Waals surface area contributed by atoms with Crippen LogP contribution in [0.3, 0.4) is 0 Å². The van der Waals surface area contributed by atoms with E-state index in [-0.39, 0.29) is 5.75 Å². The Morgan fingerprint density at radius 3 is 2.50 bits per heavy atom. The van der Waals surface area contributed by atoms with Crippen LogP contribution in [0.5, 0.6) is 0 Å². The molecule has 1 aromatic heterocycles. The first kappa shape index (κ1) is 18.8. The van der Waals surface area contributed by atoms with Gasteiger partial charge < -0.3 is 5.32 Å². The average molecular weight is 375 g/mol. The molecule has 2 aromatic rings. The van der Waals surface area contributed by atoms with Crippen molar-refractivity contribution < 1.29 is 8.42 Å². The molecule has 0 radical (unpaired) electrons. The number of aryl methyl sites for hydroxylation is 2. The number of nitrogens with zero attached hydrogens (tertiary/aromatic N) is 3. The van der Waals surface area contributed by atoms with Crippen LogP contribution in [0.2, 0.25) is 0 Å². The van der Waals surface area contributed by atoms with Gasteiger partial charge in [-0.2, -0.15) is 0 Å². The second-order valence-electron chi connectivity index (χ2n) is 6.63. The molecule has 1 aliphatic heterocycles. The number of aromatic nitrogens is 2. The van der Waals surface area contributed by atoms with Crippen molar-refractivity contribution in [3.05, 3.63) is 53.0 Å². The summed E-state index contributed by atoms with van der Waals surface area (Å²) < 4.78 is 26.9. The monoisotopic (exact) mass is 374 g/mol. The molecule has 1 saturated heterocycles. The lowest BCUT2D eigenvalue weighted by atomic mass is 10.1. The van der Waals surface area contributed by atoms with Gasteiger partial charge in [0.25, 0.3) is 0 Å². The first-order chi connectivity index (χ1) is 12.5. The van der Waals surface area contributed by atoms with Crippen LogP contribution in [0, 0.1) is 6.92 Å². The number of hydrogen-bond donors (Lipinski definition) is 1. The number of anilines is 1.